The first kappa shape index (κ1) is 36.0. The Balaban J connectivity index is 1.77. The zero-order chi connectivity index (χ0) is 33.9. The zero-order valence-corrected chi connectivity index (χ0v) is 28.5. The van der Waals surface area contributed by atoms with Crippen molar-refractivity contribution in [2.75, 3.05) is 38.2 Å². The maximum Gasteiger partial charge on any atom is 0.255 e. The highest BCUT2D eigenvalue weighted by atomic mass is 16.5. The summed E-state index contributed by atoms with van der Waals surface area (Å²) in [5.74, 6) is 4.23. The summed E-state index contributed by atoms with van der Waals surface area (Å²) in [5, 5.41) is 5.89. The molecule has 0 aromatic heterocycles. The van der Waals surface area contributed by atoms with Crippen LogP contribution in [-0.2, 0) is 14.9 Å². The highest BCUT2D eigenvalue weighted by Crippen LogP contribution is 2.27. The summed E-state index contributed by atoms with van der Waals surface area (Å²) in [4.78, 5) is 32.6. The van der Waals surface area contributed by atoms with E-state index in [1.807, 2.05) is 83.2 Å². The second kappa shape index (κ2) is 16.7. The second-order valence-corrected chi connectivity index (χ2v) is 12.1. The molecule has 0 spiro atoms. The van der Waals surface area contributed by atoms with E-state index in [4.69, 9.17) is 20.9 Å². The Kier molecular flexibility index (Phi) is 13.1. The average molecular weight is 625 g/mol. The summed E-state index contributed by atoms with van der Waals surface area (Å²) in [6, 6.07) is 12.9. The first-order chi connectivity index (χ1) is 21.8. The van der Waals surface area contributed by atoms with Gasteiger partial charge in [0.1, 0.15) is 17.3 Å². The van der Waals surface area contributed by atoms with Gasteiger partial charge in [0, 0.05) is 30.4 Å². The number of nitrogens with one attached hydrogen (secondary N) is 2. The lowest BCUT2D eigenvalue weighted by atomic mass is 9.85. The number of nitrogens with zero attached hydrogens (tertiary/aromatic N) is 2. The van der Waals surface area contributed by atoms with Crippen LogP contribution in [0.3, 0.4) is 0 Å². The molecular formula is C38H48N4O4. The quantitative estimate of drug-likeness (QED) is 0.0930. The highest BCUT2D eigenvalue weighted by Gasteiger charge is 2.19. The number of hydrogen-bond donors (Lipinski definition) is 2. The molecule has 0 atom stereocenters. The Labute approximate surface area is 274 Å². The molecule has 1 aliphatic rings. The minimum Gasteiger partial charge on any atom is -0.462 e. The normalized spacial score (nSPS) is 15.5. The van der Waals surface area contributed by atoms with Crippen LogP contribution >= 0.6 is 0 Å². The Morgan fingerprint density at radius 3 is 2.48 bits per heavy atom. The minimum absolute atomic E-state index is 0.0991. The summed E-state index contributed by atoms with van der Waals surface area (Å²) in [7, 11) is 0. The number of hydrogen-bond acceptors (Lipinski definition) is 6. The number of carbonyl (C=O) groups excluding carboxylic acids is 2. The Hall–Kier alpha value is -4.45. The molecule has 3 rings (SSSR count). The highest BCUT2D eigenvalue weighted by molar-refractivity contribution is 6.04. The Morgan fingerprint density at radius 2 is 1.80 bits per heavy atom. The van der Waals surface area contributed by atoms with E-state index in [1.54, 1.807) is 13.0 Å². The Morgan fingerprint density at radius 1 is 1.09 bits per heavy atom. The third-order valence-electron chi connectivity index (χ3n) is 8.03. The van der Waals surface area contributed by atoms with Crippen LogP contribution < -0.4 is 15.4 Å². The van der Waals surface area contributed by atoms with Gasteiger partial charge in [-0.1, -0.05) is 36.6 Å². The smallest absolute Gasteiger partial charge is 0.255 e. The first-order valence-corrected chi connectivity index (χ1v) is 15.7. The van der Waals surface area contributed by atoms with Crippen LogP contribution in [0.5, 0.6) is 5.75 Å². The van der Waals surface area contributed by atoms with Crippen molar-refractivity contribution in [1.82, 2.24) is 10.2 Å². The number of terminal acetylenes is 1. The van der Waals surface area contributed by atoms with Gasteiger partial charge >= 0.3 is 0 Å². The molecule has 1 aliphatic heterocycles. The molecule has 0 bridgehead atoms. The lowest BCUT2D eigenvalue weighted by Crippen LogP contribution is -2.44. The predicted molar refractivity (Wildman–Crippen MR) is 187 cm³/mol. The van der Waals surface area contributed by atoms with Crippen LogP contribution in [0.25, 0.3) is 0 Å². The lowest BCUT2D eigenvalue weighted by molar-refractivity contribution is -0.121. The first-order valence-electron chi connectivity index (χ1n) is 15.7. The minimum atomic E-state index is -0.482. The maximum atomic E-state index is 13.1. The van der Waals surface area contributed by atoms with Crippen molar-refractivity contribution < 1.29 is 19.1 Å². The number of amidine groups is 1. The summed E-state index contributed by atoms with van der Waals surface area (Å²) < 4.78 is 11.6. The third-order valence-corrected chi connectivity index (χ3v) is 8.03. The van der Waals surface area contributed by atoms with Crippen molar-refractivity contribution in [3.63, 3.8) is 0 Å². The molecule has 0 radical (unpaired) electrons. The molecule has 1 heterocycles. The van der Waals surface area contributed by atoms with Gasteiger partial charge in [-0.25, -0.2) is 4.99 Å². The van der Waals surface area contributed by atoms with E-state index in [1.165, 1.54) is 5.57 Å². The number of allylic oxidation sites excluding steroid dienone is 5. The second-order valence-electron chi connectivity index (χ2n) is 12.1. The van der Waals surface area contributed by atoms with E-state index in [2.05, 4.69) is 35.3 Å². The van der Waals surface area contributed by atoms with E-state index in [-0.39, 0.29) is 11.8 Å². The van der Waals surface area contributed by atoms with Crippen molar-refractivity contribution in [2.45, 2.75) is 67.2 Å². The van der Waals surface area contributed by atoms with Gasteiger partial charge in [-0.3, -0.25) is 14.5 Å². The van der Waals surface area contributed by atoms with Crippen LogP contribution in [0, 0.1) is 19.3 Å². The van der Waals surface area contributed by atoms with Crippen LogP contribution in [-0.4, -0.2) is 55.4 Å². The van der Waals surface area contributed by atoms with E-state index < -0.39 is 5.41 Å². The van der Waals surface area contributed by atoms with Crippen molar-refractivity contribution in [2.24, 2.45) is 4.99 Å². The van der Waals surface area contributed by atoms with Crippen LogP contribution in [0.1, 0.15) is 76.4 Å². The van der Waals surface area contributed by atoms with Gasteiger partial charge < -0.3 is 20.1 Å². The average Bonchev–Trinajstić information content (AvgIpc) is 3.04. The molecule has 2 N–H and O–H groups in total. The van der Waals surface area contributed by atoms with Gasteiger partial charge in [0.25, 0.3) is 5.91 Å². The number of rotatable bonds is 11. The van der Waals surface area contributed by atoms with Crippen molar-refractivity contribution in [1.29, 1.82) is 0 Å². The van der Waals surface area contributed by atoms with E-state index in [0.717, 1.165) is 41.9 Å². The summed E-state index contributed by atoms with van der Waals surface area (Å²) in [5.41, 5.74) is 5.44. The molecule has 8 heteroatoms. The van der Waals surface area contributed by atoms with Crippen molar-refractivity contribution >= 4 is 23.3 Å². The molecular weight excluding hydrogens is 576 g/mol. The summed E-state index contributed by atoms with van der Waals surface area (Å²) in [6.07, 6.45) is 10.3. The van der Waals surface area contributed by atoms with E-state index in [9.17, 15) is 9.59 Å². The van der Waals surface area contributed by atoms with Gasteiger partial charge in [0.15, 0.2) is 0 Å². The van der Waals surface area contributed by atoms with Gasteiger partial charge in [0.05, 0.1) is 30.9 Å². The van der Waals surface area contributed by atoms with Gasteiger partial charge in [-0.2, -0.15) is 0 Å². The van der Waals surface area contributed by atoms with Gasteiger partial charge in [-0.15, -0.1) is 6.42 Å². The molecule has 8 nitrogen and oxygen atoms in total. The number of anilines is 1. The topological polar surface area (TPSA) is 92.3 Å². The molecule has 2 amide bonds. The molecule has 46 heavy (non-hydrogen) atoms. The molecule has 0 saturated carbocycles. The summed E-state index contributed by atoms with van der Waals surface area (Å²) in [6.45, 7) is 18.8. The molecule has 244 valence electrons. The molecule has 0 aliphatic carbocycles. The lowest BCUT2D eigenvalue weighted by Gasteiger charge is -2.25. The predicted octanol–water partition coefficient (Wildman–Crippen LogP) is 6.94. The number of amides is 2. The molecule has 1 fully saturated rings. The van der Waals surface area contributed by atoms with Crippen LogP contribution in [0.4, 0.5) is 5.69 Å². The van der Waals surface area contributed by atoms with Gasteiger partial charge in [0.2, 0.25) is 5.91 Å². The fourth-order valence-corrected chi connectivity index (χ4v) is 4.67. The zero-order valence-electron chi connectivity index (χ0n) is 28.5. The number of ether oxygens (including phenoxy) is 2. The standard InChI is InChI=1S/C38H48N4O4/c1-10-26(3)29(6)34(39-30(7)40-36(43)25-42-19-21-45-22-20-42)18-16-28(5)46-35-24-33(17-15-27(35)4)41-37(44)31-13-12-14-32(23-31)38(8,9)11-2/h2,12-18,23-24H,10,19-22,25H2,1,3-9H3,(H,41,44)(H,39,40,43)/b28-16+,29-26+,34-18+. The number of carbonyl (C=O) groups is 2. The van der Waals surface area contributed by atoms with Gasteiger partial charge in [-0.05, 0) is 102 Å². The molecule has 1 saturated heterocycles. The SMILES string of the molecule is C#CC(C)(C)c1cccc(C(=O)Nc2ccc(C)c(O/C(C)=C/C=C(N=C(C)NC(=O)CN3CCOCC3)\C(C)=C(/C)CC)c2)c1. The number of benzene rings is 2. The van der Waals surface area contributed by atoms with Crippen molar-refractivity contribution in [3.8, 4) is 18.1 Å². The van der Waals surface area contributed by atoms with Crippen molar-refractivity contribution in [3.05, 3.63) is 93.9 Å². The number of morpholine rings is 1. The van der Waals surface area contributed by atoms with Crippen LogP contribution in [0.2, 0.25) is 0 Å². The largest absolute Gasteiger partial charge is 0.462 e. The number of aliphatic imine (C=N–C) groups is 1. The maximum absolute atomic E-state index is 13.1. The molecule has 2 aromatic rings. The van der Waals surface area contributed by atoms with E-state index in [0.29, 0.717) is 48.4 Å². The fourth-order valence-electron chi connectivity index (χ4n) is 4.67. The monoisotopic (exact) mass is 624 g/mol. The third kappa shape index (κ3) is 10.6. The number of aryl methyl sites for hydroxylation is 1. The Bertz CT molecular complexity index is 1580. The molecule has 0 unspecified atom stereocenters. The molecule has 2 aromatic carbocycles. The van der Waals surface area contributed by atoms with E-state index >= 15 is 0 Å². The fraction of sp³-hybridized carbons (Fsp3) is 0.395. The van der Waals surface area contributed by atoms with Crippen LogP contribution in [0.15, 0.2) is 82.2 Å². The summed E-state index contributed by atoms with van der Waals surface area (Å²) >= 11 is 0.